The van der Waals surface area contributed by atoms with Crippen LogP contribution in [0.15, 0.2) is 12.3 Å². The number of rotatable bonds is 6. The zero-order valence-corrected chi connectivity index (χ0v) is 14.4. The summed E-state index contributed by atoms with van der Waals surface area (Å²) < 4.78 is 8.64. The van der Waals surface area contributed by atoms with Gasteiger partial charge in [-0.25, -0.2) is 9.67 Å². The van der Waals surface area contributed by atoms with Crippen molar-refractivity contribution in [2.75, 3.05) is 13.7 Å². The predicted molar refractivity (Wildman–Crippen MR) is 87.8 cm³/mol. The zero-order valence-electron chi connectivity index (χ0n) is 14.4. The molecule has 2 aromatic heterocycles. The fraction of sp³-hybridized carbons (Fsp3) is 0.625. The van der Waals surface area contributed by atoms with Crippen molar-refractivity contribution in [2.24, 2.45) is 0 Å². The molecular formula is C16H24N6O2. The summed E-state index contributed by atoms with van der Waals surface area (Å²) in [5, 5.41) is 11.9. The fourth-order valence-electron chi connectivity index (χ4n) is 2.74. The van der Waals surface area contributed by atoms with Crippen LogP contribution in [-0.2, 0) is 24.2 Å². The lowest BCUT2D eigenvalue weighted by molar-refractivity contribution is 0.0919. The second-order valence-electron chi connectivity index (χ2n) is 6.39. The van der Waals surface area contributed by atoms with Crippen LogP contribution in [0.5, 0.6) is 0 Å². The van der Waals surface area contributed by atoms with Gasteiger partial charge in [0.25, 0.3) is 5.91 Å². The number of ether oxygens (including phenoxy) is 1. The van der Waals surface area contributed by atoms with Crippen molar-refractivity contribution in [3.63, 3.8) is 0 Å². The fourth-order valence-corrected chi connectivity index (χ4v) is 2.74. The molecule has 0 aliphatic carbocycles. The van der Waals surface area contributed by atoms with E-state index in [0.717, 1.165) is 24.5 Å². The quantitative estimate of drug-likeness (QED) is 0.852. The molecule has 1 amide bonds. The molecule has 1 aliphatic heterocycles. The van der Waals surface area contributed by atoms with Crippen molar-refractivity contribution in [3.8, 4) is 0 Å². The van der Waals surface area contributed by atoms with Crippen LogP contribution < -0.4 is 5.32 Å². The van der Waals surface area contributed by atoms with Crippen molar-refractivity contribution in [2.45, 2.75) is 51.7 Å². The Labute approximate surface area is 141 Å². The monoisotopic (exact) mass is 332 g/mol. The second kappa shape index (κ2) is 7.12. The molecule has 0 saturated carbocycles. The zero-order chi connectivity index (χ0) is 17.1. The van der Waals surface area contributed by atoms with Crippen molar-refractivity contribution in [1.82, 2.24) is 29.9 Å². The van der Waals surface area contributed by atoms with Crippen LogP contribution in [0, 0.1) is 0 Å². The molecule has 130 valence electrons. The minimum Gasteiger partial charge on any atom is -0.383 e. The summed E-state index contributed by atoms with van der Waals surface area (Å²) in [5.74, 6) is 2.04. The van der Waals surface area contributed by atoms with Gasteiger partial charge in [-0.2, -0.15) is 10.2 Å². The smallest absolute Gasteiger partial charge is 0.272 e. The molecule has 1 unspecified atom stereocenters. The highest BCUT2D eigenvalue weighted by atomic mass is 16.5. The normalized spacial score (nSPS) is 17.1. The van der Waals surface area contributed by atoms with E-state index in [0.29, 0.717) is 31.3 Å². The third kappa shape index (κ3) is 3.64. The maximum absolute atomic E-state index is 12.4. The SMILES string of the molecule is COCCn1ccc(C(=O)NC2CCc3nc(C(C)C)nn3C2)n1. The molecule has 8 heteroatoms. The van der Waals surface area contributed by atoms with E-state index < -0.39 is 0 Å². The van der Waals surface area contributed by atoms with Crippen LogP contribution in [0.2, 0.25) is 0 Å². The molecular weight excluding hydrogens is 308 g/mol. The number of nitrogens with zero attached hydrogens (tertiary/aromatic N) is 5. The van der Waals surface area contributed by atoms with Crippen LogP contribution in [0.4, 0.5) is 0 Å². The van der Waals surface area contributed by atoms with Crippen molar-refractivity contribution in [1.29, 1.82) is 0 Å². The maximum atomic E-state index is 12.4. The van der Waals surface area contributed by atoms with Gasteiger partial charge in [-0.15, -0.1) is 0 Å². The number of hydrogen-bond acceptors (Lipinski definition) is 5. The molecule has 1 N–H and O–H groups in total. The summed E-state index contributed by atoms with van der Waals surface area (Å²) in [5.41, 5.74) is 0.429. The van der Waals surface area contributed by atoms with Gasteiger partial charge in [0.05, 0.1) is 19.7 Å². The molecule has 0 fully saturated rings. The third-order valence-electron chi connectivity index (χ3n) is 4.12. The average molecular weight is 332 g/mol. The lowest BCUT2D eigenvalue weighted by Gasteiger charge is -2.23. The van der Waals surface area contributed by atoms with Gasteiger partial charge < -0.3 is 10.1 Å². The van der Waals surface area contributed by atoms with Gasteiger partial charge in [0.2, 0.25) is 0 Å². The predicted octanol–water partition coefficient (Wildman–Crippen LogP) is 0.989. The number of nitrogens with one attached hydrogen (secondary N) is 1. The Kier molecular flexibility index (Phi) is 4.94. The van der Waals surface area contributed by atoms with E-state index >= 15 is 0 Å². The number of aryl methyl sites for hydroxylation is 1. The summed E-state index contributed by atoms with van der Waals surface area (Å²) in [6.45, 7) is 6.03. The Morgan fingerprint density at radius 1 is 1.46 bits per heavy atom. The molecule has 1 atom stereocenters. The van der Waals surface area contributed by atoms with Gasteiger partial charge in [0.15, 0.2) is 5.82 Å². The van der Waals surface area contributed by atoms with Crippen molar-refractivity contribution >= 4 is 5.91 Å². The molecule has 0 radical (unpaired) electrons. The summed E-state index contributed by atoms with van der Waals surface area (Å²) in [7, 11) is 1.64. The summed E-state index contributed by atoms with van der Waals surface area (Å²) in [6.07, 6.45) is 3.48. The first kappa shape index (κ1) is 16.6. The first-order valence-corrected chi connectivity index (χ1v) is 8.33. The van der Waals surface area contributed by atoms with Gasteiger partial charge in [0, 0.05) is 31.7 Å². The van der Waals surface area contributed by atoms with Crippen LogP contribution in [0.3, 0.4) is 0 Å². The molecule has 3 heterocycles. The summed E-state index contributed by atoms with van der Waals surface area (Å²) in [6, 6.07) is 1.78. The highest BCUT2D eigenvalue weighted by Gasteiger charge is 2.24. The van der Waals surface area contributed by atoms with Gasteiger partial charge in [-0.3, -0.25) is 9.48 Å². The molecule has 1 aliphatic rings. The van der Waals surface area contributed by atoms with E-state index in [2.05, 4.69) is 34.3 Å². The lowest BCUT2D eigenvalue weighted by Crippen LogP contribution is -2.41. The van der Waals surface area contributed by atoms with Crippen molar-refractivity contribution in [3.05, 3.63) is 29.6 Å². The molecule has 0 spiro atoms. The Balaban J connectivity index is 1.60. The van der Waals surface area contributed by atoms with E-state index in [1.807, 2.05) is 4.68 Å². The largest absolute Gasteiger partial charge is 0.383 e. The Morgan fingerprint density at radius 2 is 2.29 bits per heavy atom. The molecule has 24 heavy (non-hydrogen) atoms. The molecule has 0 bridgehead atoms. The summed E-state index contributed by atoms with van der Waals surface area (Å²) in [4.78, 5) is 16.9. The van der Waals surface area contributed by atoms with Gasteiger partial charge in [0.1, 0.15) is 11.5 Å². The Bertz CT molecular complexity index is 705. The van der Waals surface area contributed by atoms with Crippen LogP contribution in [0.25, 0.3) is 0 Å². The average Bonchev–Trinajstić information content (AvgIpc) is 3.19. The minimum absolute atomic E-state index is 0.0517. The molecule has 2 aromatic rings. The number of methoxy groups -OCH3 is 1. The van der Waals surface area contributed by atoms with Crippen LogP contribution in [0.1, 0.15) is 48.3 Å². The number of aromatic nitrogens is 5. The van der Waals surface area contributed by atoms with E-state index in [1.165, 1.54) is 0 Å². The maximum Gasteiger partial charge on any atom is 0.272 e. The number of amides is 1. The Morgan fingerprint density at radius 3 is 3.04 bits per heavy atom. The van der Waals surface area contributed by atoms with Crippen LogP contribution >= 0.6 is 0 Å². The van der Waals surface area contributed by atoms with Crippen LogP contribution in [-0.4, -0.2) is 50.2 Å². The summed E-state index contributed by atoms with van der Waals surface area (Å²) >= 11 is 0. The number of carbonyl (C=O) groups is 1. The third-order valence-corrected chi connectivity index (χ3v) is 4.12. The van der Waals surface area contributed by atoms with E-state index in [1.54, 1.807) is 24.1 Å². The molecule has 3 rings (SSSR count). The minimum atomic E-state index is -0.149. The molecule has 0 saturated heterocycles. The van der Waals surface area contributed by atoms with E-state index in [9.17, 15) is 4.79 Å². The van der Waals surface area contributed by atoms with Gasteiger partial charge in [-0.1, -0.05) is 13.8 Å². The standard InChI is InChI=1S/C16H24N6O2/c1-11(2)15-18-14-5-4-12(10-22(14)20-15)17-16(23)13-6-7-21(19-13)8-9-24-3/h6-7,11-12H,4-5,8-10H2,1-3H3,(H,17,23). The van der Waals surface area contributed by atoms with Crippen molar-refractivity contribution < 1.29 is 9.53 Å². The Hall–Kier alpha value is -2.22. The second-order valence-corrected chi connectivity index (χ2v) is 6.39. The molecule has 8 nitrogen and oxygen atoms in total. The van der Waals surface area contributed by atoms with E-state index in [4.69, 9.17) is 4.74 Å². The number of hydrogen-bond donors (Lipinski definition) is 1. The molecule has 0 aromatic carbocycles. The topological polar surface area (TPSA) is 86.9 Å². The lowest BCUT2D eigenvalue weighted by atomic mass is 10.1. The van der Waals surface area contributed by atoms with Gasteiger partial charge >= 0.3 is 0 Å². The highest BCUT2D eigenvalue weighted by Crippen LogP contribution is 2.17. The first-order valence-electron chi connectivity index (χ1n) is 8.33. The first-order chi connectivity index (χ1) is 11.6. The van der Waals surface area contributed by atoms with E-state index in [-0.39, 0.29) is 11.9 Å². The van der Waals surface area contributed by atoms with Gasteiger partial charge in [-0.05, 0) is 12.5 Å². The number of fused-ring (bicyclic) bond motifs is 1. The number of carbonyl (C=O) groups excluding carboxylic acids is 1. The highest BCUT2D eigenvalue weighted by molar-refractivity contribution is 5.92.